The zero-order valence-corrected chi connectivity index (χ0v) is 14.2. The molecule has 2 heterocycles. The highest BCUT2D eigenvalue weighted by molar-refractivity contribution is 9.10. The van der Waals surface area contributed by atoms with Gasteiger partial charge in [0.25, 0.3) is 5.91 Å². The van der Waals surface area contributed by atoms with Gasteiger partial charge in [-0.25, -0.2) is 0 Å². The van der Waals surface area contributed by atoms with Crippen LogP contribution in [0.5, 0.6) is 0 Å². The molecule has 1 fully saturated rings. The maximum Gasteiger partial charge on any atom is 0.303 e. The molecule has 1 unspecified atom stereocenters. The predicted molar refractivity (Wildman–Crippen MR) is 89.3 cm³/mol. The van der Waals surface area contributed by atoms with Crippen LogP contribution in [0.25, 0.3) is 10.9 Å². The first-order valence-electron chi connectivity index (χ1n) is 7.72. The third-order valence-corrected chi connectivity index (χ3v) is 4.80. The molecule has 0 bridgehead atoms. The Morgan fingerprint density at radius 1 is 1.39 bits per heavy atom. The van der Waals surface area contributed by atoms with Gasteiger partial charge in [0.2, 0.25) is 0 Å². The lowest BCUT2D eigenvalue weighted by Gasteiger charge is -2.35. The highest BCUT2D eigenvalue weighted by Crippen LogP contribution is 2.26. The summed E-state index contributed by atoms with van der Waals surface area (Å²) in [6.07, 6.45) is 3.40. The summed E-state index contributed by atoms with van der Waals surface area (Å²) < 4.78 is 0.890. The number of rotatable bonds is 4. The first-order chi connectivity index (χ1) is 11.1. The smallest absolute Gasteiger partial charge is 0.303 e. The second-order valence-corrected chi connectivity index (χ2v) is 6.76. The molecule has 1 amide bonds. The minimum atomic E-state index is -0.822. The molecule has 3 rings (SSSR count). The van der Waals surface area contributed by atoms with Crippen LogP contribution in [0.4, 0.5) is 0 Å². The summed E-state index contributed by atoms with van der Waals surface area (Å²) in [5.41, 5.74) is 1.22. The van der Waals surface area contributed by atoms with E-state index in [4.69, 9.17) is 5.11 Å². The molecule has 122 valence electrons. The largest absolute Gasteiger partial charge is 0.481 e. The normalized spacial score (nSPS) is 18.3. The summed E-state index contributed by atoms with van der Waals surface area (Å²) in [5.74, 6) is -0.943. The quantitative estimate of drug-likeness (QED) is 0.853. The van der Waals surface area contributed by atoms with E-state index in [1.54, 1.807) is 4.90 Å². The average molecular weight is 380 g/mol. The fraction of sp³-hybridized carbons (Fsp3) is 0.438. The molecule has 7 heteroatoms. The number of aromatic amines is 1. The molecule has 0 aliphatic carbocycles. The second-order valence-electron chi connectivity index (χ2n) is 5.84. The number of nitrogens with zero attached hydrogens (tertiary/aromatic N) is 2. The Morgan fingerprint density at radius 3 is 3.00 bits per heavy atom. The molecule has 23 heavy (non-hydrogen) atoms. The molecule has 2 N–H and O–H groups in total. The lowest BCUT2D eigenvalue weighted by atomic mass is 9.97. The van der Waals surface area contributed by atoms with Crippen LogP contribution in [0.3, 0.4) is 0 Å². The predicted octanol–water partition coefficient (Wildman–Crippen LogP) is 3.18. The number of hydrogen-bond donors (Lipinski definition) is 2. The van der Waals surface area contributed by atoms with Crippen molar-refractivity contribution in [3.63, 3.8) is 0 Å². The molecule has 6 nitrogen and oxygen atoms in total. The number of fused-ring (bicyclic) bond motifs is 1. The standard InChI is InChI=1S/C16H18BrN3O3/c17-10-4-6-13-12(9-10)15(19-18-13)16(23)20-8-2-1-3-11(20)5-7-14(21)22/h4,6,9,11H,1-3,5,7-8H2,(H,18,19)(H,21,22). The second kappa shape index (κ2) is 6.70. The van der Waals surface area contributed by atoms with E-state index in [2.05, 4.69) is 26.1 Å². The fourth-order valence-electron chi connectivity index (χ4n) is 3.14. The SMILES string of the molecule is O=C(O)CCC1CCCCN1C(=O)c1n[nH]c2ccc(Br)cc12. The van der Waals surface area contributed by atoms with Crippen LogP contribution in [0.2, 0.25) is 0 Å². The summed E-state index contributed by atoms with van der Waals surface area (Å²) >= 11 is 3.42. The van der Waals surface area contributed by atoms with Gasteiger partial charge in [0.15, 0.2) is 5.69 Å². The Bertz CT molecular complexity index is 743. The van der Waals surface area contributed by atoms with Gasteiger partial charge in [-0.2, -0.15) is 5.10 Å². The third-order valence-electron chi connectivity index (χ3n) is 4.31. The van der Waals surface area contributed by atoms with Gasteiger partial charge in [0.1, 0.15) is 0 Å². The molecule has 1 aliphatic rings. The Kier molecular flexibility index (Phi) is 4.66. The lowest BCUT2D eigenvalue weighted by Crippen LogP contribution is -2.44. The molecule has 0 saturated carbocycles. The van der Waals surface area contributed by atoms with Crippen molar-refractivity contribution in [3.05, 3.63) is 28.4 Å². The summed E-state index contributed by atoms with van der Waals surface area (Å²) in [5, 5.41) is 16.8. The van der Waals surface area contributed by atoms with Crippen molar-refractivity contribution < 1.29 is 14.7 Å². The van der Waals surface area contributed by atoms with Crippen LogP contribution in [0.1, 0.15) is 42.6 Å². The zero-order valence-electron chi connectivity index (χ0n) is 12.6. The maximum absolute atomic E-state index is 12.9. The summed E-state index contributed by atoms with van der Waals surface area (Å²) in [6, 6.07) is 5.63. The number of likely N-dealkylation sites (tertiary alicyclic amines) is 1. The topological polar surface area (TPSA) is 86.3 Å². The van der Waals surface area contributed by atoms with Gasteiger partial charge in [0, 0.05) is 28.9 Å². The summed E-state index contributed by atoms with van der Waals surface area (Å²) in [7, 11) is 0. The fourth-order valence-corrected chi connectivity index (χ4v) is 3.50. The number of amides is 1. The van der Waals surface area contributed by atoms with E-state index >= 15 is 0 Å². The van der Waals surface area contributed by atoms with Gasteiger partial charge >= 0.3 is 5.97 Å². The van der Waals surface area contributed by atoms with Gasteiger partial charge in [-0.3, -0.25) is 14.7 Å². The molecule has 1 saturated heterocycles. The molecule has 1 aliphatic heterocycles. The number of carboxylic acid groups (broad SMARTS) is 1. The van der Waals surface area contributed by atoms with Crippen LogP contribution in [-0.4, -0.2) is 44.7 Å². The van der Waals surface area contributed by atoms with Crippen LogP contribution in [0.15, 0.2) is 22.7 Å². The summed E-state index contributed by atoms with van der Waals surface area (Å²) in [6.45, 7) is 0.658. The first kappa shape index (κ1) is 16.0. The van der Waals surface area contributed by atoms with E-state index < -0.39 is 5.97 Å². The van der Waals surface area contributed by atoms with Crippen LogP contribution >= 0.6 is 15.9 Å². The lowest BCUT2D eigenvalue weighted by molar-refractivity contribution is -0.137. The highest BCUT2D eigenvalue weighted by atomic mass is 79.9. The number of piperidine rings is 1. The minimum Gasteiger partial charge on any atom is -0.481 e. The zero-order chi connectivity index (χ0) is 16.4. The number of carbonyl (C=O) groups is 2. The number of halogens is 1. The Balaban J connectivity index is 1.86. The van der Waals surface area contributed by atoms with E-state index in [1.165, 1.54) is 0 Å². The molecule has 2 aromatic rings. The van der Waals surface area contributed by atoms with Crippen molar-refractivity contribution in [3.8, 4) is 0 Å². The van der Waals surface area contributed by atoms with Gasteiger partial charge in [-0.05, 0) is 43.9 Å². The van der Waals surface area contributed by atoms with Crippen molar-refractivity contribution in [2.75, 3.05) is 6.54 Å². The van der Waals surface area contributed by atoms with Crippen LogP contribution in [-0.2, 0) is 4.79 Å². The molecule has 1 aromatic carbocycles. The van der Waals surface area contributed by atoms with E-state index in [-0.39, 0.29) is 18.4 Å². The Hall–Kier alpha value is -1.89. The molecule has 1 atom stereocenters. The third kappa shape index (κ3) is 3.39. The number of aliphatic carboxylic acids is 1. The summed E-state index contributed by atoms with van der Waals surface area (Å²) in [4.78, 5) is 25.5. The van der Waals surface area contributed by atoms with Gasteiger partial charge in [-0.15, -0.1) is 0 Å². The van der Waals surface area contributed by atoms with Crippen molar-refractivity contribution >= 4 is 38.7 Å². The maximum atomic E-state index is 12.9. The van der Waals surface area contributed by atoms with E-state index in [9.17, 15) is 9.59 Å². The van der Waals surface area contributed by atoms with Crippen molar-refractivity contribution in [1.82, 2.24) is 15.1 Å². The van der Waals surface area contributed by atoms with Gasteiger partial charge in [-0.1, -0.05) is 15.9 Å². The Labute approximate surface area is 142 Å². The van der Waals surface area contributed by atoms with E-state index in [1.807, 2.05) is 18.2 Å². The molecular formula is C16H18BrN3O3. The van der Waals surface area contributed by atoms with E-state index in [0.29, 0.717) is 18.7 Å². The van der Waals surface area contributed by atoms with Crippen LogP contribution < -0.4 is 0 Å². The highest BCUT2D eigenvalue weighted by Gasteiger charge is 2.30. The monoisotopic (exact) mass is 379 g/mol. The molecule has 0 spiro atoms. The van der Waals surface area contributed by atoms with Gasteiger partial charge in [0.05, 0.1) is 5.52 Å². The number of benzene rings is 1. The van der Waals surface area contributed by atoms with Crippen molar-refractivity contribution in [1.29, 1.82) is 0 Å². The first-order valence-corrected chi connectivity index (χ1v) is 8.52. The minimum absolute atomic E-state index is 0.0220. The van der Waals surface area contributed by atoms with Gasteiger partial charge < -0.3 is 10.0 Å². The van der Waals surface area contributed by atoms with Crippen molar-refractivity contribution in [2.24, 2.45) is 0 Å². The van der Waals surface area contributed by atoms with E-state index in [0.717, 1.165) is 34.6 Å². The number of H-pyrrole nitrogens is 1. The number of hydrogen-bond acceptors (Lipinski definition) is 3. The number of carbonyl (C=O) groups excluding carboxylic acids is 1. The Morgan fingerprint density at radius 2 is 2.22 bits per heavy atom. The van der Waals surface area contributed by atoms with Crippen LogP contribution in [0, 0.1) is 0 Å². The molecule has 1 aromatic heterocycles. The molecule has 0 radical (unpaired) electrons. The van der Waals surface area contributed by atoms with Crippen molar-refractivity contribution in [2.45, 2.75) is 38.1 Å². The number of aromatic nitrogens is 2. The molecular weight excluding hydrogens is 362 g/mol. The number of carboxylic acids is 1. The average Bonchev–Trinajstić information content (AvgIpc) is 2.95. The number of nitrogens with one attached hydrogen (secondary N) is 1.